The van der Waals surface area contributed by atoms with Gasteiger partial charge in [0, 0.05) is 43.7 Å². The normalized spacial score (nSPS) is 27.6. The molecule has 2 saturated carbocycles. The molecule has 3 heterocycles. The predicted octanol–water partition coefficient (Wildman–Crippen LogP) is 3.28. The Hall–Kier alpha value is -2.75. The van der Waals surface area contributed by atoms with E-state index in [1.807, 2.05) is 24.3 Å². The van der Waals surface area contributed by atoms with Gasteiger partial charge in [0.25, 0.3) is 0 Å². The van der Waals surface area contributed by atoms with Crippen LogP contribution in [0, 0.1) is 17.2 Å². The standard InChI is InChI=1S/C28H34FN5O4S2/c29-20-3-6-22(23(17-20)26(35)32-28(18-30)7-8-28)24-25(39-27(31-24)34-9-13-38-14-10-34)19-1-4-21(5-2-19)33-11-15-40(36,37)16-12-33/h1-2,4-5,20,22-23H,3,6-17H2,(H,32,35)/t20-,22+,23+/m0/s1. The van der Waals surface area contributed by atoms with Crippen molar-refractivity contribution in [3.8, 4) is 16.5 Å². The molecular formula is C28H34FN5O4S2. The second-order valence-electron chi connectivity index (χ2n) is 11.3. The van der Waals surface area contributed by atoms with E-state index in [9.17, 15) is 22.9 Å². The van der Waals surface area contributed by atoms with Crippen LogP contribution in [-0.4, -0.2) is 81.9 Å². The lowest BCUT2D eigenvalue weighted by atomic mass is 9.75. The number of alkyl halides is 1. The van der Waals surface area contributed by atoms with Gasteiger partial charge in [0.1, 0.15) is 11.7 Å². The van der Waals surface area contributed by atoms with Crippen molar-refractivity contribution in [1.29, 1.82) is 5.26 Å². The summed E-state index contributed by atoms with van der Waals surface area (Å²) in [5, 5.41) is 13.3. The molecular weight excluding hydrogens is 553 g/mol. The summed E-state index contributed by atoms with van der Waals surface area (Å²) in [5.41, 5.74) is 1.95. The van der Waals surface area contributed by atoms with Crippen molar-refractivity contribution >= 4 is 37.9 Å². The maximum absolute atomic E-state index is 14.7. The summed E-state index contributed by atoms with van der Waals surface area (Å²) >= 11 is 1.59. The molecule has 2 aliphatic heterocycles. The Morgan fingerprint density at radius 2 is 1.80 bits per heavy atom. The number of carbonyl (C=O) groups excluding carboxylic acids is 1. The molecule has 1 N–H and O–H groups in total. The number of amides is 1. The van der Waals surface area contributed by atoms with Crippen molar-refractivity contribution in [2.45, 2.75) is 49.7 Å². The summed E-state index contributed by atoms with van der Waals surface area (Å²) in [6, 6.07) is 10.3. The van der Waals surface area contributed by atoms with Gasteiger partial charge in [0.15, 0.2) is 15.0 Å². The summed E-state index contributed by atoms with van der Waals surface area (Å²) in [5.74, 6) is -0.791. The molecule has 12 heteroatoms. The number of nitrogens with one attached hydrogen (secondary N) is 1. The molecule has 9 nitrogen and oxygen atoms in total. The van der Waals surface area contributed by atoms with E-state index < -0.39 is 27.5 Å². The van der Waals surface area contributed by atoms with Crippen LogP contribution in [0.3, 0.4) is 0 Å². The van der Waals surface area contributed by atoms with E-state index in [1.54, 1.807) is 11.3 Å². The Morgan fingerprint density at radius 1 is 1.10 bits per heavy atom. The van der Waals surface area contributed by atoms with Crippen molar-refractivity contribution in [3.63, 3.8) is 0 Å². The van der Waals surface area contributed by atoms with Crippen molar-refractivity contribution in [3.05, 3.63) is 30.0 Å². The number of morpholine rings is 1. The number of nitriles is 1. The number of rotatable bonds is 6. The highest BCUT2D eigenvalue weighted by molar-refractivity contribution is 7.91. The highest BCUT2D eigenvalue weighted by Gasteiger charge is 2.48. The van der Waals surface area contributed by atoms with Crippen LogP contribution in [0.4, 0.5) is 15.2 Å². The third-order valence-electron chi connectivity index (χ3n) is 8.56. The first-order chi connectivity index (χ1) is 19.3. The largest absolute Gasteiger partial charge is 0.378 e. The van der Waals surface area contributed by atoms with Crippen LogP contribution in [-0.2, 0) is 19.4 Å². The number of nitrogens with zero attached hydrogens (tertiary/aromatic N) is 4. The highest BCUT2D eigenvalue weighted by Crippen LogP contribution is 2.47. The Balaban J connectivity index is 1.32. The van der Waals surface area contributed by atoms with Crippen LogP contribution in [0.1, 0.15) is 43.7 Å². The number of sulfone groups is 1. The zero-order valence-electron chi connectivity index (χ0n) is 22.4. The molecule has 214 valence electrons. The van der Waals surface area contributed by atoms with Crippen molar-refractivity contribution < 1.29 is 22.3 Å². The Morgan fingerprint density at radius 3 is 2.45 bits per heavy atom. The molecule has 4 fully saturated rings. The minimum Gasteiger partial charge on any atom is -0.378 e. The van der Waals surface area contributed by atoms with Gasteiger partial charge >= 0.3 is 0 Å². The average molecular weight is 588 g/mol. The molecule has 3 atom stereocenters. The molecule has 1 aromatic carbocycles. The summed E-state index contributed by atoms with van der Waals surface area (Å²) < 4.78 is 43.9. The maximum atomic E-state index is 14.7. The van der Waals surface area contributed by atoms with E-state index in [-0.39, 0.29) is 29.8 Å². The van der Waals surface area contributed by atoms with Crippen LogP contribution in [0.2, 0.25) is 0 Å². The Bertz CT molecular complexity index is 1380. The number of halogens is 1. The topological polar surface area (TPSA) is 116 Å². The van der Waals surface area contributed by atoms with Crippen molar-refractivity contribution in [2.75, 3.05) is 60.7 Å². The van der Waals surface area contributed by atoms with Gasteiger partial charge in [0.2, 0.25) is 5.91 Å². The number of hydrogen-bond donors (Lipinski definition) is 1. The van der Waals surface area contributed by atoms with Gasteiger partial charge in [-0.2, -0.15) is 5.26 Å². The maximum Gasteiger partial charge on any atom is 0.225 e. The summed E-state index contributed by atoms with van der Waals surface area (Å²) in [4.78, 5) is 23.8. The van der Waals surface area contributed by atoms with Crippen molar-refractivity contribution in [2.24, 2.45) is 5.92 Å². The lowest BCUT2D eigenvalue weighted by molar-refractivity contribution is -0.128. The number of ether oxygens (including phenoxy) is 1. The molecule has 0 radical (unpaired) electrons. The number of aromatic nitrogens is 1. The van der Waals surface area contributed by atoms with E-state index in [4.69, 9.17) is 9.72 Å². The quantitative estimate of drug-likeness (QED) is 0.548. The third kappa shape index (κ3) is 5.69. The first kappa shape index (κ1) is 27.4. The average Bonchev–Trinajstić information content (AvgIpc) is 3.60. The summed E-state index contributed by atoms with van der Waals surface area (Å²) in [6.45, 7) is 3.66. The van der Waals surface area contributed by atoms with Gasteiger partial charge < -0.3 is 19.9 Å². The van der Waals surface area contributed by atoms with E-state index in [2.05, 4.69) is 21.2 Å². The molecule has 0 bridgehead atoms. The highest BCUT2D eigenvalue weighted by atomic mass is 32.2. The van der Waals surface area contributed by atoms with Gasteiger partial charge in [-0.15, -0.1) is 0 Å². The van der Waals surface area contributed by atoms with Crippen LogP contribution in [0.15, 0.2) is 24.3 Å². The molecule has 1 amide bonds. The number of carbonyl (C=O) groups is 1. The number of thiazole rings is 1. The van der Waals surface area contributed by atoms with Crippen LogP contribution < -0.4 is 15.1 Å². The molecule has 2 saturated heterocycles. The fraction of sp³-hybridized carbons (Fsp3) is 0.607. The first-order valence-corrected chi connectivity index (χ1v) is 16.7. The lowest BCUT2D eigenvalue weighted by Crippen LogP contribution is -2.44. The number of anilines is 2. The first-order valence-electron chi connectivity index (χ1n) is 14.0. The molecule has 0 unspecified atom stereocenters. The van der Waals surface area contributed by atoms with Gasteiger partial charge in [-0.25, -0.2) is 17.8 Å². The van der Waals surface area contributed by atoms with Crippen LogP contribution in [0.25, 0.3) is 10.4 Å². The molecule has 1 aromatic heterocycles. The Labute approximate surface area is 238 Å². The minimum atomic E-state index is -2.97. The Kier molecular flexibility index (Phi) is 7.48. The van der Waals surface area contributed by atoms with Gasteiger partial charge in [-0.3, -0.25) is 4.79 Å². The fourth-order valence-electron chi connectivity index (χ4n) is 5.92. The fourth-order valence-corrected chi connectivity index (χ4v) is 8.31. The van der Waals surface area contributed by atoms with Crippen LogP contribution in [0.5, 0.6) is 0 Å². The van der Waals surface area contributed by atoms with Gasteiger partial charge in [-0.05, 0) is 49.8 Å². The van der Waals surface area contributed by atoms with Gasteiger partial charge in [-0.1, -0.05) is 23.5 Å². The molecule has 2 aromatic rings. The molecule has 2 aliphatic carbocycles. The summed E-state index contributed by atoms with van der Waals surface area (Å²) in [7, 11) is -2.97. The van der Waals surface area contributed by atoms with E-state index in [0.29, 0.717) is 52.0 Å². The minimum absolute atomic E-state index is 0.124. The van der Waals surface area contributed by atoms with Crippen molar-refractivity contribution in [1.82, 2.24) is 10.3 Å². The molecule has 40 heavy (non-hydrogen) atoms. The second kappa shape index (κ2) is 10.9. The zero-order valence-corrected chi connectivity index (χ0v) is 24.0. The number of hydrogen-bond acceptors (Lipinski definition) is 9. The van der Waals surface area contributed by atoms with Crippen LogP contribution >= 0.6 is 11.3 Å². The third-order valence-corrected chi connectivity index (χ3v) is 11.4. The van der Waals surface area contributed by atoms with Gasteiger partial charge in [0.05, 0.1) is 41.4 Å². The zero-order chi connectivity index (χ0) is 27.9. The van der Waals surface area contributed by atoms with E-state index in [1.165, 1.54) is 0 Å². The number of benzene rings is 1. The van der Waals surface area contributed by atoms with E-state index in [0.717, 1.165) is 40.0 Å². The molecule has 4 aliphatic rings. The SMILES string of the molecule is N#CC1(NC(=O)[C@@H]2C[C@@H](F)CC[C@H]2c2nc(N3CCOCC3)sc2-c2ccc(N3CCS(=O)(=O)CC3)cc2)CC1. The molecule has 6 rings (SSSR count). The monoisotopic (exact) mass is 587 g/mol. The van der Waals surface area contributed by atoms with E-state index >= 15 is 0 Å². The predicted molar refractivity (Wildman–Crippen MR) is 152 cm³/mol. The lowest BCUT2D eigenvalue weighted by Gasteiger charge is -2.33. The second-order valence-corrected chi connectivity index (χ2v) is 14.6. The summed E-state index contributed by atoms with van der Waals surface area (Å²) in [6.07, 6.45) is 1.21. The smallest absolute Gasteiger partial charge is 0.225 e. The molecule has 0 spiro atoms.